The van der Waals surface area contributed by atoms with Gasteiger partial charge >= 0.3 is 0 Å². The van der Waals surface area contributed by atoms with Crippen LogP contribution in [-0.4, -0.2) is 17.0 Å². The average molecular weight is 312 g/mol. The van der Waals surface area contributed by atoms with Crippen LogP contribution in [0.4, 0.5) is 4.39 Å². The van der Waals surface area contributed by atoms with Gasteiger partial charge in [-0.3, -0.25) is 4.79 Å². The predicted molar refractivity (Wildman–Crippen MR) is 70.7 cm³/mol. The van der Waals surface area contributed by atoms with Crippen molar-refractivity contribution in [2.75, 3.05) is 7.05 Å². The van der Waals surface area contributed by atoms with Crippen molar-refractivity contribution in [1.29, 1.82) is 0 Å². The fourth-order valence-electron chi connectivity index (χ4n) is 1.61. The second-order valence-electron chi connectivity index (χ2n) is 3.77. The van der Waals surface area contributed by atoms with Crippen molar-refractivity contribution in [1.82, 2.24) is 15.3 Å². The summed E-state index contributed by atoms with van der Waals surface area (Å²) in [6.07, 6.45) is 0. The van der Waals surface area contributed by atoms with Crippen molar-refractivity contribution < 1.29 is 4.39 Å². The topological polar surface area (TPSA) is 57.8 Å². The summed E-state index contributed by atoms with van der Waals surface area (Å²) in [6, 6.07) is 5.78. The lowest BCUT2D eigenvalue weighted by molar-refractivity contribution is 0.627. The van der Waals surface area contributed by atoms with Gasteiger partial charge in [-0.05, 0) is 25.2 Å². The number of nitrogens with one attached hydrogen (secondary N) is 2. The summed E-state index contributed by atoms with van der Waals surface area (Å²) < 4.78 is 13.9. The SMILES string of the molecule is CNCc1cc(=O)[nH]c(-c2cc(F)cc(Br)c2)n1. The molecule has 0 spiro atoms. The molecule has 0 fully saturated rings. The molecule has 0 aliphatic heterocycles. The molecule has 0 radical (unpaired) electrons. The second-order valence-corrected chi connectivity index (χ2v) is 4.69. The van der Waals surface area contributed by atoms with Crippen molar-refractivity contribution in [3.8, 4) is 11.4 Å². The monoisotopic (exact) mass is 311 g/mol. The van der Waals surface area contributed by atoms with Gasteiger partial charge < -0.3 is 10.3 Å². The average Bonchev–Trinajstić information content (AvgIpc) is 2.27. The molecule has 94 valence electrons. The number of nitrogens with zero attached hydrogens (tertiary/aromatic N) is 1. The standard InChI is InChI=1S/C12H11BrFN3O/c1-15-6-10-5-11(18)17-12(16-10)7-2-8(13)4-9(14)3-7/h2-5,15H,6H2,1H3,(H,16,17,18). The molecule has 1 heterocycles. The third-order valence-corrected chi connectivity index (χ3v) is 2.75. The van der Waals surface area contributed by atoms with Crippen molar-refractivity contribution in [3.05, 3.63) is 50.6 Å². The molecule has 2 aromatic rings. The van der Waals surface area contributed by atoms with E-state index in [1.165, 1.54) is 18.2 Å². The van der Waals surface area contributed by atoms with Gasteiger partial charge in [0.15, 0.2) is 0 Å². The van der Waals surface area contributed by atoms with E-state index in [1.807, 2.05) is 0 Å². The Balaban J connectivity index is 2.52. The van der Waals surface area contributed by atoms with Crippen LogP contribution in [0, 0.1) is 5.82 Å². The minimum atomic E-state index is -0.388. The summed E-state index contributed by atoms with van der Waals surface area (Å²) in [5, 5.41) is 2.91. The molecule has 2 rings (SSSR count). The Morgan fingerprint density at radius 2 is 2.17 bits per heavy atom. The van der Waals surface area contributed by atoms with Crippen LogP contribution in [0.15, 0.2) is 33.5 Å². The summed E-state index contributed by atoms with van der Waals surface area (Å²) in [5.74, 6) is -0.0333. The molecule has 0 unspecified atom stereocenters. The lowest BCUT2D eigenvalue weighted by Gasteiger charge is -2.05. The van der Waals surface area contributed by atoms with Gasteiger partial charge in [-0.1, -0.05) is 15.9 Å². The van der Waals surface area contributed by atoms with Crippen molar-refractivity contribution >= 4 is 15.9 Å². The minimum Gasteiger partial charge on any atom is -0.314 e. The van der Waals surface area contributed by atoms with E-state index in [2.05, 4.69) is 31.2 Å². The highest BCUT2D eigenvalue weighted by Crippen LogP contribution is 2.21. The highest BCUT2D eigenvalue weighted by atomic mass is 79.9. The number of H-pyrrole nitrogens is 1. The number of hydrogen-bond acceptors (Lipinski definition) is 3. The summed E-state index contributed by atoms with van der Waals surface area (Å²) in [4.78, 5) is 18.4. The molecule has 0 aliphatic carbocycles. The molecule has 0 amide bonds. The Morgan fingerprint density at radius 3 is 2.83 bits per heavy atom. The Bertz CT molecular complexity index is 607. The number of aromatic nitrogens is 2. The number of benzene rings is 1. The van der Waals surface area contributed by atoms with Crippen molar-refractivity contribution in [2.24, 2.45) is 0 Å². The quantitative estimate of drug-likeness (QED) is 0.912. The highest BCUT2D eigenvalue weighted by Gasteiger charge is 2.06. The number of halogens is 2. The predicted octanol–water partition coefficient (Wildman–Crippen LogP) is 2.06. The number of rotatable bonds is 3. The zero-order chi connectivity index (χ0) is 13.1. The molecular formula is C12H11BrFN3O. The van der Waals surface area contributed by atoms with E-state index in [0.717, 1.165) is 0 Å². The first-order valence-corrected chi connectivity index (χ1v) is 6.09. The Hall–Kier alpha value is -1.53. The third kappa shape index (κ3) is 3.02. The molecule has 0 saturated heterocycles. The van der Waals surface area contributed by atoms with Crippen molar-refractivity contribution in [3.63, 3.8) is 0 Å². The summed E-state index contributed by atoms with van der Waals surface area (Å²) in [7, 11) is 1.77. The Labute approximate surface area is 111 Å². The highest BCUT2D eigenvalue weighted by molar-refractivity contribution is 9.10. The number of hydrogen-bond donors (Lipinski definition) is 2. The van der Waals surface area contributed by atoms with E-state index in [-0.39, 0.29) is 11.4 Å². The van der Waals surface area contributed by atoms with E-state index in [9.17, 15) is 9.18 Å². The van der Waals surface area contributed by atoms with Gasteiger partial charge in [0.05, 0.1) is 5.69 Å². The number of aromatic amines is 1. The molecule has 18 heavy (non-hydrogen) atoms. The van der Waals surface area contributed by atoms with Gasteiger partial charge in [-0.2, -0.15) is 0 Å². The second kappa shape index (κ2) is 5.41. The maximum absolute atomic E-state index is 13.3. The Morgan fingerprint density at radius 1 is 1.39 bits per heavy atom. The molecule has 4 nitrogen and oxygen atoms in total. The first-order chi connectivity index (χ1) is 8.58. The molecule has 1 aromatic heterocycles. The van der Waals surface area contributed by atoms with Crippen LogP contribution < -0.4 is 10.9 Å². The lowest BCUT2D eigenvalue weighted by Crippen LogP contribution is -2.14. The van der Waals surface area contributed by atoms with Crippen LogP contribution in [0.5, 0.6) is 0 Å². The van der Waals surface area contributed by atoms with Gasteiger partial charge in [-0.15, -0.1) is 0 Å². The molecule has 0 saturated carbocycles. The van der Waals surface area contributed by atoms with Gasteiger partial charge in [0.2, 0.25) is 0 Å². The van der Waals surface area contributed by atoms with Crippen LogP contribution >= 0.6 is 15.9 Å². The van der Waals surface area contributed by atoms with E-state index >= 15 is 0 Å². The minimum absolute atomic E-state index is 0.259. The molecule has 2 N–H and O–H groups in total. The fourth-order valence-corrected chi connectivity index (χ4v) is 2.07. The first kappa shape index (κ1) is 12.9. The van der Waals surface area contributed by atoms with E-state index in [4.69, 9.17) is 0 Å². The fraction of sp³-hybridized carbons (Fsp3) is 0.167. The van der Waals surface area contributed by atoms with E-state index in [1.54, 1.807) is 13.1 Å². The molecule has 0 aliphatic rings. The maximum atomic E-state index is 13.3. The summed E-state index contributed by atoms with van der Waals surface area (Å²) >= 11 is 3.21. The smallest absolute Gasteiger partial charge is 0.251 e. The summed E-state index contributed by atoms with van der Waals surface area (Å²) in [6.45, 7) is 0.480. The van der Waals surface area contributed by atoms with Gasteiger partial charge in [0.25, 0.3) is 5.56 Å². The van der Waals surface area contributed by atoms with E-state index < -0.39 is 0 Å². The van der Waals surface area contributed by atoms with Crippen LogP contribution in [0.2, 0.25) is 0 Å². The zero-order valence-electron chi connectivity index (χ0n) is 9.63. The molecule has 6 heteroatoms. The van der Waals surface area contributed by atoms with E-state index in [0.29, 0.717) is 28.1 Å². The third-order valence-electron chi connectivity index (χ3n) is 2.29. The van der Waals surface area contributed by atoms with Crippen LogP contribution in [0.25, 0.3) is 11.4 Å². The van der Waals surface area contributed by atoms with Crippen molar-refractivity contribution in [2.45, 2.75) is 6.54 Å². The first-order valence-electron chi connectivity index (χ1n) is 5.30. The van der Waals surface area contributed by atoms with Gasteiger partial charge in [0.1, 0.15) is 11.6 Å². The molecule has 0 bridgehead atoms. The molecular weight excluding hydrogens is 301 g/mol. The summed E-state index contributed by atoms with van der Waals surface area (Å²) in [5.41, 5.74) is 0.874. The lowest BCUT2D eigenvalue weighted by atomic mass is 10.2. The largest absolute Gasteiger partial charge is 0.314 e. The van der Waals surface area contributed by atoms with Crippen LogP contribution in [0.1, 0.15) is 5.69 Å². The van der Waals surface area contributed by atoms with Gasteiger partial charge in [0, 0.05) is 22.6 Å². The molecule has 1 aromatic carbocycles. The van der Waals surface area contributed by atoms with Crippen LogP contribution in [0.3, 0.4) is 0 Å². The normalized spacial score (nSPS) is 10.6. The maximum Gasteiger partial charge on any atom is 0.251 e. The zero-order valence-corrected chi connectivity index (χ0v) is 11.2. The van der Waals surface area contributed by atoms with Gasteiger partial charge in [-0.25, -0.2) is 9.37 Å². The van der Waals surface area contributed by atoms with Crippen LogP contribution in [-0.2, 0) is 6.54 Å². The molecule has 0 atom stereocenters. The Kier molecular flexibility index (Phi) is 3.88.